The minimum Gasteiger partial charge on any atom is -0.459 e. The third-order valence-corrected chi connectivity index (χ3v) is 2.97. The van der Waals surface area contributed by atoms with E-state index < -0.39 is 0 Å². The molecule has 0 aliphatic heterocycles. The van der Waals surface area contributed by atoms with Crippen LogP contribution in [0.25, 0.3) is 11.0 Å². The van der Waals surface area contributed by atoms with Crippen LogP contribution in [0, 0.1) is 13.8 Å². The van der Waals surface area contributed by atoms with Crippen molar-refractivity contribution < 1.29 is 4.42 Å². The van der Waals surface area contributed by atoms with Crippen molar-refractivity contribution in [1.29, 1.82) is 0 Å². The molecule has 2 rings (SSSR count). The van der Waals surface area contributed by atoms with Crippen LogP contribution in [0.15, 0.2) is 16.5 Å². The number of benzene rings is 1. The Kier molecular flexibility index (Phi) is 2.53. The molecule has 15 heavy (non-hydrogen) atoms. The molecule has 80 valence electrons. The van der Waals surface area contributed by atoms with Crippen molar-refractivity contribution in [3.8, 4) is 0 Å². The molecule has 0 aliphatic rings. The molecule has 0 bridgehead atoms. The lowest BCUT2D eigenvalue weighted by Gasteiger charge is -2.00. The van der Waals surface area contributed by atoms with Gasteiger partial charge in [-0.1, -0.05) is 19.1 Å². The average molecular weight is 203 g/mol. The fraction of sp³-hybridized carbons (Fsp3) is 0.385. The molecule has 2 aromatic rings. The highest BCUT2D eigenvalue weighted by atomic mass is 16.3. The lowest BCUT2D eigenvalue weighted by atomic mass is 10.0. The van der Waals surface area contributed by atoms with Gasteiger partial charge in [0, 0.05) is 10.9 Å². The van der Waals surface area contributed by atoms with Gasteiger partial charge in [0.1, 0.15) is 11.3 Å². The van der Waals surface area contributed by atoms with E-state index in [1.165, 1.54) is 22.1 Å². The molecule has 0 unspecified atom stereocenters. The molecular formula is C13H17NO. The van der Waals surface area contributed by atoms with E-state index in [-0.39, 0.29) is 0 Å². The fourth-order valence-corrected chi connectivity index (χ4v) is 2.15. The van der Waals surface area contributed by atoms with Crippen molar-refractivity contribution in [2.75, 3.05) is 0 Å². The van der Waals surface area contributed by atoms with E-state index in [2.05, 4.69) is 32.9 Å². The van der Waals surface area contributed by atoms with E-state index >= 15 is 0 Å². The van der Waals surface area contributed by atoms with Crippen molar-refractivity contribution in [1.82, 2.24) is 0 Å². The molecule has 2 heteroatoms. The zero-order chi connectivity index (χ0) is 11.0. The first-order valence-corrected chi connectivity index (χ1v) is 5.39. The predicted octanol–water partition coefficient (Wildman–Crippen LogP) is 3.07. The van der Waals surface area contributed by atoms with Gasteiger partial charge >= 0.3 is 0 Å². The second kappa shape index (κ2) is 3.70. The van der Waals surface area contributed by atoms with Crippen LogP contribution in [0.4, 0.5) is 0 Å². The van der Waals surface area contributed by atoms with Crippen molar-refractivity contribution in [2.24, 2.45) is 5.73 Å². The maximum absolute atomic E-state index is 5.83. The average Bonchev–Trinajstić information content (AvgIpc) is 2.63. The summed E-state index contributed by atoms with van der Waals surface area (Å²) in [6.07, 6.45) is 0.976. The summed E-state index contributed by atoms with van der Waals surface area (Å²) in [5.74, 6) is 0.935. The van der Waals surface area contributed by atoms with Crippen molar-refractivity contribution in [3.05, 3.63) is 34.6 Å². The van der Waals surface area contributed by atoms with Gasteiger partial charge in [0.25, 0.3) is 0 Å². The van der Waals surface area contributed by atoms with Crippen LogP contribution in [-0.4, -0.2) is 0 Å². The van der Waals surface area contributed by atoms with E-state index in [1.54, 1.807) is 0 Å². The van der Waals surface area contributed by atoms with Gasteiger partial charge in [-0.2, -0.15) is 0 Å². The van der Waals surface area contributed by atoms with E-state index in [0.717, 1.165) is 17.8 Å². The molecule has 0 aliphatic carbocycles. The SMILES string of the molecule is CCc1c(CN)oc2c(C)ccc(C)c12. The second-order valence-electron chi connectivity index (χ2n) is 3.96. The first-order valence-electron chi connectivity index (χ1n) is 5.39. The number of furan rings is 1. The Morgan fingerprint density at radius 3 is 2.47 bits per heavy atom. The summed E-state index contributed by atoms with van der Waals surface area (Å²) in [5, 5.41) is 1.26. The number of aryl methyl sites for hydroxylation is 3. The van der Waals surface area contributed by atoms with Gasteiger partial charge in [0.05, 0.1) is 6.54 Å². The van der Waals surface area contributed by atoms with Gasteiger partial charge < -0.3 is 10.2 Å². The minimum atomic E-state index is 0.483. The summed E-state index contributed by atoms with van der Waals surface area (Å²) in [6, 6.07) is 4.24. The van der Waals surface area contributed by atoms with Crippen LogP contribution in [0.2, 0.25) is 0 Å². The smallest absolute Gasteiger partial charge is 0.137 e. The second-order valence-corrected chi connectivity index (χ2v) is 3.96. The summed E-state index contributed by atoms with van der Waals surface area (Å²) in [5.41, 5.74) is 10.4. The van der Waals surface area contributed by atoms with Crippen LogP contribution in [0.1, 0.15) is 29.4 Å². The number of rotatable bonds is 2. The molecule has 0 atom stereocenters. The monoisotopic (exact) mass is 203 g/mol. The molecule has 0 fully saturated rings. The summed E-state index contributed by atoms with van der Waals surface area (Å²) < 4.78 is 5.83. The van der Waals surface area contributed by atoms with Gasteiger partial charge in [-0.25, -0.2) is 0 Å². The maximum Gasteiger partial charge on any atom is 0.137 e. The molecule has 1 heterocycles. The van der Waals surface area contributed by atoms with E-state index in [0.29, 0.717) is 6.54 Å². The highest BCUT2D eigenvalue weighted by Crippen LogP contribution is 2.31. The van der Waals surface area contributed by atoms with Gasteiger partial charge in [0.15, 0.2) is 0 Å². The number of hydrogen-bond acceptors (Lipinski definition) is 2. The molecule has 0 spiro atoms. The molecule has 0 saturated carbocycles. The summed E-state index contributed by atoms with van der Waals surface area (Å²) in [4.78, 5) is 0. The summed E-state index contributed by atoms with van der Waals surface area (Å²) in [6.45, 7) is 6.82. The highest BCUT2D eigenvalue weighted by Gasteiger charge is 2.14. The number of fused-ring (bicyclic) bond motifs is 1. The Bertz CT molecular complexity index is 497. The van der Waals surface area contributed by atoms with E-state index in [4.69, 9.17) is 10.2 Å². The Morgan fingerprint density at radius 1 is 1.20 bits per heavy atom. The predicted molar refractivity (Wildman–Crippen MR) is 63.0 cm³/mol. The lowest BCUT2D eigenvalue weighted by molar-refractivity contribution is 0.544. The van der Waals surface area contributed by atoms with Crippen molar-refractivity contribution >= 4 is 11.0 Å². The molecule has 1 aromatic heterocycles. The largest absolute Gasteiger partial charge is 0.459 e. The third kappa shape index (κ3) is 1.45. The molecule has 2 nitrogen and oxygen atoms in total. The Balaban J connectivity index is 2.87. The number of nitrogens with two attached hydrogens (primary N) is 1. The Labute approximate surface area is 90.1 Å². The standard InChI is InChI=1S/C13H17NO/c1-4-10-11(7-14)15-13-9(3)6-5-8(2)12(10)13/h5-6H,4,7,14H2,1-3H3. The quantitative estimate of drug-likeness (QED) is 0.814. The van der Waals surface area contributed by atoms with Gasteiger partial charge in [0.2, 0.25) is 0 Å². The van der Waals surface area contributed by atoms with Crippen molar-refractivity contribution in [2.45, 2.75) is 33.7 Å². The third-order valence-electron chi connectivity index (χ3n) is 2.97. The van der Waals surface area contributed by atoms with E-state index in [9.17, 15) is 0 Å². The summed E-state index contributed by atoms with van der Waals surface area (Å²) in [7, 11) is 0. The zero-order valence-corrected chi connectivity index (χ0v) is 9.55. The number of hydrogen-bond donors (Lipinski definition) is 1. The molecular weight excluding hydrogens is 186 g/mol. The fourth-order valence-electron chi connectivity index (χ4n) is 2.15. The molecule has 0 amide bonds. The van der Waals surface area contributed by atoms with Crippen LogP contribution >= 0.6 is 0 Å². The van der Waals surface area contributed by atoms with Gasteiger partial charge in [-0.05, 0) is 31.4 Å². The van der Waals surface area contributed by atoms with Gasteiger partial charge in [-0.15, -0.1) is 0 Å². The minimum absolute atomic E-state index is 0.483. The zero-order valence-electron chi connectivity index (χ0n) is 9.55. The summed E-state index contributed by atoms with van der Waals surface area (Å²) >= 11 is 0. The first-order chi connectivity index (χ1) is 7.19. The molecule has 0 radical (unpaired) electrons. The highest BCUT2D eigenvalue weighted by molar-refractivity contribution is 5.88. The lowest BCUT2D eigenvalue weighted by Crippen LogP contribution is -1.97. The van der Waals surface area contributed by atoms with Crippen molar-refractivity contribution in [3.63, 3.8) is 0 Å². The van der Waals surface area contributed by atoms with Crippen LogP contribution in [-0.2, 0) is 13.0 Å². The molecule has 1 aromatic carbocycles. The first kappa shape index (κ1) is 10.2. The van der Waals surface area contributed by atoms with Gasteiger partial charge in [-0.3, -0.25) is 0 Å². The van der Waals surface area contributed by atoms with Crippen LogP contribution < -0.4 is 5.73 Å². The van der Waals surface area contributed by atoms with Crippen LogP contribution in [0.5, 0.6) is 0 Å². The Morgan fingerprint density at radius 2 is 1.87 bits per heavy atom. The topological polar surface area (TPSA) is 39.2 Å². The van der Waals surface area contributed by atoms with Crippen LogP contribution in [0.3, 0.4) is 0 Å². The molecule has 0 saturated heterocycles. The molecule has 2 N–H and O–H groups in total. The normalized spacial score (nSPS) is 11.2. The van der Waals surface area contributed by atoms with E-state index in [1.807, 2.05) is 0 Å². The Hall–Kier alpha value is -1.28. The maximum atomic E-state index is 5.83.